The predicted molar refractivity (Wildman–Crippen MR) is 150 cm³/mol. The van der Waals surface area contributed by atoms with Crippen molar-refractivity contribution in [2.45, 2.75) is 88.0 Å². The molecule has 0 aromatic heterocycles. The smallest absolute Gasteiger partial charge is 0.0191 e. The standard InChI is InChI=1S/C19H35N.C11H18N2/c1-9-11-12-20-18(8)19(13-14(3)4)17(7)16(6)15(5)10-2;1-10-4-6-11(7-5-10)13(3)9-8-12-2/h11-13,15-17,20H,9-10H2,1-8H3;4,6,8-9,12H,5,7H2,1-3H3/b12-11-,19-18-;9-8-. The molecule has 2 N–H and O–H groups in total. The third kappa shape index (κ3) is 12.6. The van der Waals surface area contributed by atoms with Crippen LogP contribution in [0.25, 0.3) is 0 Å². The van der Waals surface area contributed by atoms with E-state index in [0.717, 1.165) is 18.8 Å². The van der Waals surface area contributed by atoms with Gasteiger partial charge in [-0.3, -0.25) is 0 Å². The molecule has 1 aliphatic carbocycles. The van der Waals surface area contributed by atoms with Crippen LogP contribution in [0.5, 0.6) is 0 Å². The highest BCUT2D eigenvalue weighted by molar-refractivity contribution is 5.29. The minimum absolute atomic E-state index is 0.572. The van der Waals surface area contributed by atoms with Crippen LogP contribution in [-0.4, -0.2) is 19.0 Å². The fraction of sp³-hybridized carbons (Fsp3) is 0.600. The fourth-order valence-electron chi connectivity index (χ4n) is 3.73. The molecule has 0 amide bonds. The molecule has 0 aliphatic heterocycles. The normalized spacial score (nSPS) is 17.2. The van der Waals surface area contributed by atoms with Gasteiger partial charge in [-0.05, 0) is 82.6 Å². The Kier molecular flexibility index (Phi) is 16.2. The van der Waals surface area contributed by atoms with Gasteiger partial charge in [-0.15, -0.1) is 0 Å². The number of nitrogens with zero attached hydrogens (tertiary/aromatic N) is 1. The SMILES string of the molecule is CC/C=C\N/C(C)=C(/C=C(C)C)C(C)C(C)C(C)CC.CN/C=C\N(C)C1=CC=C(C)CC1. The van der Waals surface area contributed by atoms with Crippen molar-refractivity contribution in [1.82, 2.24) is 15.5 Å². The summed E-state index contributed by atoms with van der Waals surface area (Å²) in [6.45, 7) is 20.3. The zero-order chi connectivity index (χ0) is 25.4. The first-order valence-corrected chi connectivity index (χ1v) is 12.8. The lowest BCUT2D eigenvalue weighted by Gasteiger charge is -2.28. The van der Waals surface area contributed by atoms with E-state index in [1.165, 1.54) is 41.0 Å². The first-order chi connectivity index (χ1) is 15.6. The lowest BCUT2D eigenvalue weighted by molar-refractivity contribution is 0.303. The van der Waals surface area contributed by atoms with Crippen molar-refractivity contribution >= 4 is 0 Å². The van der Waals surface area contributed by atoms with Gasteiger partial charge >= 0.3 is 0 Å². The van der Waals surface area contributed by atoms with E-state index in [0.29, 0.717) is 11.8 Å². The number of hydrogen-bond donors (Lipinski definition) is 2. The monoisotopic (exact) mass is 455 g/mol. The summed E-state index contributed by atoms with van der Waals surface area (Å²) in [5, 5.41) is 6.42. The maximum atomic E-state index is 3.44. The highest BCUT2D eigenvalue weighted by atomic mass is 15.1. The van der Waals surface area contributed by atoms with Gasteiger partial charge in [-0.25, -0.2) is 0 Å². The number of allylic oxidation sites excluding steroid dienone is 9. The molecule has 0 spiro atoms. The molecular formula is C30H53N3. The third-order valence-corrected chi connectivity index (χ3v) is 6.60. The highest BCUT2D eigenvalue weighted by Crippen LogP contribution is 2.31. The zero-order valence-electron chi connectivity index (χ0n) is 23.5. The van der Waals surface area contributed by atoms with E-state index in [4.69, 9.17) is 0 Å². The average molecular weight is 456 g/mol. The molecule has 0 radical (unpaired) electrons. The maximum absolute atomic E-state index is 3.44. The van der Waals surface area contributed by atoms with Gasteiger partial charge in [0.1, 0.15) is 0 Å². The summed E-state index contributed by atoms with van der Waals surface area (Å²) in [6.07, 6.45) is 19.6. The molecule has 3 atom stereocenters. The van der Waals surface area contributed by atoms with E-state index in [-0.39, 0.29) is 0 Å². The second-order valence-corrected chi connectivity index (χ2v) is 9.68. The summed E-state index contributed by atoms with van der Waals surface area (Å²) in [5.74, 6) is 2.02. The molecule has 188 valence electrons. The lowest BCUT2D eigenvalue weighted by atomic mass is 9.78. The van der Waals surface area contributed by atoms with Gasteiger partial charge in [0.05, 0.1) is 0 Å². The Morgan fingerprint density at radius 2 is 1.73 bits per heavy atom. The molecule has 3 unspecified atom stereocenters. The molecule has 0 bridgehead atoms. The van der Waals surface area contributed by atoms with Crippen LogP contribution >= 0.6 is 0 Å². The summed E-state index contributed by atoms with van der Waals surface area (Å²) in [7, 11) is 3.98. The number of hydrogen-bond acceptors (Lipinski definition) is 3. The maximum Gasteiger partial charge on any atom is 0.0191 e. The quantitative estimate of drug-likeness (QED) is 0.307. The van der Waals surface area contributed by atoms with Crippen molar-refractivity contribution in [2.24, 2.45) is 17.8 Å². The van der Waals surface area contributed by atoms with Gasteiger partial charge in [0, 0.05) is 37.9 Å². The summed E-state index contributed by atoms with van der Waals surface area (Å²) < 4.78 is 0. The van der Waals surface area contributed by atoms with Gasteiger partial charge in [0.25, 0.3) is 0 Å². The van der Waals surface area contributed by atoms with Gasteiger partial charge in [-0.2, -0.15) is 0 Å². The van der Waals surface area contributed by atoms with Crippen LogP contribution in [0.3, 0.4) is 0 Å². The molecule has 0 saturated carbocycles. The summed E-state index contributed by atoms with van der Waals surface area (Å²) in [4.78, 5) is 2.15. The second kappa shape index (κ2) is 17.3. The predicted octanol–water partition coefficient (Wildman–Crippen LogP) is 8.29. The van der Waals surface area contributed by atoms with Crippen molar-refractivity contribution in [2.75, 3.05) is 14.1 Å². The molecule has 3 nitrogen and oxygen atoms in total. The van der Waals surface area contributed by atoms with Crippen LogP contribution in [0.1, 0.15) is 88.0 Å². The minimum Gasteiger partial charge on any atom is -0.393 e. The number of rotatable bonds is 11. The molecular weight excluding hydrogens is 402 g/mol. The van der Waals surface area contributed by atoms with Crippen molar-refractivity contribution in [3.63, 3.8) is 0 Å². The summed E-state index contributed by atoms with van der Waals surface area (Å²) >= 11 is 0. The molecule has 0 fully saturated rings. The van der Waals surface area contributed by atoms with E-state index in [2.05, 4.69) is 115 Å². The first-order valence-electron chi connectivity index (χ1n) is 12.8. The van der Waals surface area contributed by atoms with E-state index in [9.17, 15) is 0 Å². The Morgan fingerprint density at radius 1 is 1.06 bits per heavy atom. The van der Waals surface area contributed by atoms with Gasteiger partial charge in [-0.1, -0.05) is 70.4 Å². The molecule has 0 aromatic carbocycles. The van der Waals surface area contributed by atoms with E-state index >= 15 is 0 Å². The van der Waals surface area contributed by atoms with Gasteiger partial charge in [0.15, 0.2) is 0 Å². The van der Waals surface area contributed by atoms with Crippen LogP contribution in [0, 0.1) is 17.8 Å². The Balaban J connectivity index is 0.000000676. The summed E-state index contributed by atoms with van der Waals surface area (Å²) in [5.41, 5.74) is 6.92. The van der Waals surface area contributed by atoms with Crippen molar-refractivity contribution in [3.8, 4) is 0 Å². The van der Waals surface area contributed by atoms with E-state index < -0.39 is 0 Å². The lowest BCUT2D eigenvalue weighted by Crippen LogP contribution is -2.20. The van der Waals surface area contributed by atoms with Crippen LogP contribution in [0.15, 0.2) is 71.0 Å². The van der Waals surface area contributed by atoms with Crippen molar-refractivity contribution in [3.05, 3.63) is 71.0 Å². The molecule has 1 rings (SSSR count). The Bertz CT molecular complexity index is 730. The fourth-order valence-corrected chi connectivity index (χ4v) is 3.73. The van der Waals surface area contributed by atoms with E-state index in [1.807, 2.05) is 19.4 Å². The Morgan fingerprint density at radius 3 is 2.21 bits per heavy atom. The Labute approximate surface area is 206 Å². The largest absolute Gasteiger partial charge is 0.393 e. The van der Waals surface area contributed by atoms with Crippen molar-refractivity contribution in [1.29, 1.82) is 0 Å². The average Bonchev–Trinajstić information content (AvgIpc) is 2.80. The van der Waals surface area contributed by atoms with Crippen LogP contribution in [0.2, 0.25) is 0 Å². The molecule has 3 heteroatoms. The second-order valence-electron chi connectivity index (χ2n) is 9.68. The van der Waals surface area contributed by atoms with Gasteiger partial charge in [0.2, 0.25) is 0 Å². The molecule has 33 heavy (non-hydrogen) atoms. The molecule has 0 aromatic rings. The van der Waals surface area contributed by atoms with Crippen molar-refractivity contribution < 1.29 is 0 Å². The summed E-state index contributed by atoms with van der Waals surface area (Å²) in [6, 6.07) is 0. The number of nitrogens with one attached hydrogen (secondary N) is 2. The Hall–Kier alpha value is -2.16. The molecule has 0 saturated heterocycles. The van der Waals surface area contributed by atoms with Gasteiger partial charge < -0.3 is 15.5 Å². The minimum atomic E-state index is 0.572. The first kappa shape index (κ1) is 30.8. The topological polar surface area (TPSA) is 27.3 Å². The third-order valence-electron chi connectivity index (χ3n) is 6.60. The van der Waals surface area contributed by atoms with Crippen LogP contribution in [0.4, 0.5) is 0 Å². The zero-order valence-corrected chi connectivity index (χ0v) is 23.5. The molecule has 0 heterocycles. The van der Waals surface area contributed by atoms with E-state index in [1.54, 1.807) is 0 Å². The molecule has 1 aliphatic rings. The van der Waals surface area contributed by atoms with Crippen LogP contribution < -0.4 is 10.6 Å². The van der Waals surface area contributed by atoms with Crippen LogP contribution in [-0.2, 0) is 0 Å². The highest BCUT2D eigenvalue weighted by Gasteiger charge is 2.21.